The highest BCUT2D eigenvalue weighted by Crippen LogP contribution is 2.31. The first-order chi connectivity index (χ1) is 6.95. The first-order valence-corrected chi connectivity index (χ1v) is 3.86. The van der Waals surface area contributed by atoms with Gasteiger partial charge in [-0.2, -0.15) is 13.2 Å². The summed E-state index contributed by atoms with van der Waals surface area (Å²) in [5, 5.41) is 0. The van der Waals surface area contributed by atoms with Gasteiger partial charge in [-0.3, -0.25) is 4.79 Å². The Kier molecular flexibility index (Phi) is 3.24. The van der Waals surface area contributed by atoms with Crippen LogP contribution in [-0.2, 0) is 11.0 Å². The van der Waals surface area contributed by atoms with E-state index in [1.54, 1.807) is 0 Å². The van der Waals surface area contributed by atoms with E-state index in [1.807, 2.05) is 0 Å². The van der Waals surface area contributed by atoms with Gasteiger partial charge in [-0.25, -0.2) is 4.39 Å². The average Bonchev–Trinajstić information content (AvgIpc) is 2.12. The summed E-state index contributed by atoms with van der Waals surface area (Å²) in [7, 11) is 0. The summed E-state index contributed by atoms with van der Waals surface area (Å²) in [6.07, 6.45) is -1.19. The van der Waals surface area contributed by atoms with Crippen LogP contribution in [0.4, 0.5) is 17.6 Å². The molecule has 0 heterocycles. The van der Waals surface area contributed by atoms with Crippen LogP contribution in [0.3, 0.4) is 0 Å². The zero-order valence-electron chi connectivity index (χ0n) is 7.31. The molecule has 1 aromatic rings. The van der Waals surface area contributed by atoms with Crippen molar-refractivity contribution in [2.24, 2.45) is 0 Å². The lowest BCUT2D eigenvalue weighted by Gasteiger charge is -2.07. The van der Waals surface area contributed by atoms with Crippen LogP contribution in [0.5, 0.6) is 0 Å². The van der Waals surface area contributed by atoms with E-state index in [0.29, 0.717) is 12.1 Å². The highest BCUT2D eigenvalue weighted by molar-refractivity contribution is 5.74. The molecule has 79 valence electrons. The van der Waals surface area contributed by atoms with Crippen LogP contribution in [0.15, 0.2) is 24.3 Å². The minimum absolute atomic E-state index is 0.170. The van der Waals surface area contributed by atoms with Crippen LogP contribution >= 0.6 is 0 Å². The Morgan fingerprint density at radius 1 is 1.27 bits per heavy atom. The van der Waals surface area contributed by atoms with Gasteiger partial charge >= 0.3 is 6.18 Å². The molecule has 0 saturated heterocycles. The van der Waals surface area contributed by atoms with Gasteiger partial charge in [-0.05, 0) is 23.8 Å². The molecule has 0 atom stereocenters. The molecule has 0 aliphatic heterocycles. The quantitative estimate of drug-likeness (QED) is 0.549. The van der Waals surface area contributed by atoms with Gasteiger partial charge in [0.2, 0.25) is 6.29 Å². The van der Waals surface area contributed by atoms with Crippen LogP contribution in [0.2, 0.25) is 0 Å². The molecule has 0 aliphatic carbocycles. The van der Waals surface area contributed by atoms with Crippen molar-refractivity contribution in [1.29, 1.82) is 0 Å². The second-order valence-electron chi connectivity index (χ2n) is 2.69. The number of rotatable bonds is 2. The second-order valence-corrected chi connectivity index (χ2v) is 2.69. The molecule has 1 rings (SSSR count). The largest absolute Gasteiger partial charge is 0.419 e. The van der Waals surface area contributed by atoms with Crippen molar-refractivity contribution in [3.63, 3.8) is 0 Å². The third kappa shape index (κ3) is 2.90. The molecule has 1 nitrogen and oxygen atoms in total. The molecule has 0 unspecified atom stereocenters. The lowest BCUT2D eigenvalue weighted by atomic mass is 10.1. The molecule has 1 radical (unpaired) electrons. The van der Waals surface area contributed by atoms with E-state index >= 15 is 0 Å². The van der Waals surface area contributed by atoms with Crippen molar-refractivity contribution in [2.75, 3.05) is 0 Å². The molecule has 0 amide bonds. The maximum Gasteiger partial charge on any atom is 0.419 e. The lowest BCUT2D eigenvalue weighted by molar-refractivity contribution is -0.140. The lowest BCUT2D eigenvalue weighted by Crippen LogP contribution is -2.07. The van der Waals surface area contributed by atoms with E-state index in [2.05, 4.69) is 0 Å². The maximum absolute atomic E-state index is 12.9. The predicted octanol–water partition coefficient (Wildman–Crippen LogP) is 2.97. The molecule has 0 spiro atoms. The third-order valence-corrected chi connectivity index (χ3v) is 1.64. The minimum Gasteiger partial charge on any atom is -0.286 e. The van der Waals surface area contributed by atoms with Gasteiger partial charge in [-0.1, -0.05) is 12.1 Å². The van der Waals surface area contributed by atoms with Crippen LogP contribution in [0.1, 0.15) is 11.1 Å². The molecular formula is C10H5F4O. The van der Waals surface area contributed by atoms with E-state index < -0.39 is 17.6 Å². The summed E-state index contributed by atoms with van der Waals surface area (Å²) >= 11 is 0. The SMILES string of the molecule is O=[C]/C=C/c1ccc(C(F)(F)F)c(F)c1. The molecule has 0 aromatic heterocycles. The molecule has 0 aliphatic rings. The van der Waals surface area contributed by atoms with Gasteiger partial charge in [0.1, 0.15) is 5.82 Å². The molecule has 0 fully saturated rings. The van der Waals surface area contributed by atoms with Gasteiger partial charge in [0, 0.05) is 0 Å². The topological polar surface area (TPSA) is 17.1 Å². The molecule has 5 heteroatoms. The van der Waals surface area contributed by atoms with Crippen LogP contribution in [0.25, 0.3) is 6.08 Å². The molecule has 0 bridgehead atoms. The van der Waals surface area contributed by atoms with Gasteiger partial charge < -0.3 is 0 Å². The monoisotopic (exact) mass is 217 g/mol. The summed E-state index contributed by atoms with van der Waals surface area (Å²) in [4.78, 5) is 9.80. The maximum atomic E-state index is 12.9. The van der Waals surface area contributed by atoms with Crippen molar-refractivity contribution in [3.05, 3.63) is 41.2 Å². The number of benzene rings is 1. The molecule has 1 aromatic carbocycles. The Hall–Kier alpha value is -1.65. The van der Waals surface area contributed by atoms with Crippen molar-refractivity contribution in [2.45, 2.75) is 6.18 Å². The van der Waals surface area contributed by atoms with E-state index in [9.17, 15) is 22.4 Å². The van der Waals surface area contributed by atoms with Gasteiger partial charge in [0.25, 0.3) is 0 Å². The Balaban J connectivity index is 3.09. The number of carbonyl (C=O) groups excluding carboxylic acids is 1. The number of hydrogen-bond donors (Lipinski definition) is 0. The fourth-order valence-electron chi connectivity index (χ4n) is 0.995. The first-order valence-electron chi connectivity index (χ1n) is 3.86. The van der Waals surface area contributed by atoms with E-state index in [0.717, 1.165) is 18.2 Å². The zero-order chi connectivity index (χ0) is 11.5. The Morgan fingerprint density at radius 3 is 2.40 bits per heavy atom. The number of allylic oxidation sites excluding steroid dienone is 1. The zero-order valence-corrected chi connectivity index (χ0v) is 7.31. The first kappa shape index (κ1) is 11.4. The normalized spacial score (nSPS) is 12.0. The number of halogens is 4. The van der Waals surface area contributed by atoms with Crippen LogP contribution in [-0.4, -0.2) is 6.29 Å². The van der Waals surface area contributed by atoms with E-state index in [4.69, 9.17) is 0 Å². The summed E-state index contributed by atoms with van der Waals surface area (Å²) in [6, 6.07) is 2.40. The fraction of sp³-hybridized carbons (Fsp3) is 0.100. The Labute approximate surface area is 83.0 Å². The molecule has 15 heavy (non-hydrogen) atoms. The van der Waals surface area contributed by atoms with Crippen molar-refractivity contribution < 1.29 is 22.4 Å². The Bertz CT molecular complexity index is 393. The van der Waals surface area contributed by atoms with Gasteiger partial charge in [-0.15, -0.1) is 0 Å². The smallest absolute Gasteiger partial charge is 0.286 e. The summed E-state index contributed by atoms with van der Waals surface area (Å²) in [6.45, 7) is 0. The summed E-state index contributed by atoms with van der Waals surface area (Å²) in [5.41, 5.74) is -1.15. The highest BCUT2D eigenvalue weighted by Gasteiger charge is 2.33. The molecular weight excluding hydrogens is 212 g/mol. The Morgan fingerprint density at radius 2 is 1.93 bits per heavy atom. The van der Waals surface area contributed by atoms with Gasteiger partial charge in [0.05, 0.1) is 5.56 Å². The van der Waals surface area contributed by atoms with E-state index in [1.165, 1.54) is 6.29 Å². The average molecular weight is 217 g/mol. The highest BCUT2D eigenvalue weighted by atomic mass is 19.4. The summed E-state index contributed by atoms with van der Waals surface area (Å²) < 4.78 is 49.3. The van der Waals surface area contributed by atoms with Crippen molar-refractivity contribution in [3.8, 4) is 0 Å². The predicted molar refractivity (Wildman–Crippen MR) is 46.1 cm³/mol. The number of alkyl halides is 3. The molecule has 0 saturated carbocycles. The van der Waals surface area contributed by atoms with Crippen LogP contribution in [0, 0.1) is 5.82 Å². The second kappa shape index (κ2) is 4.25. The minimum atomic E-state index is -4.71. The van der Waals surface area contributed by atoms with Crippen LogP contribution < -0.4 is 0 Å². The van der Waals surface area contributed by atoms with Gasteiger partial charge in [0.15, 0.2) is 0 Å². The third-order valence-electron chi connectivity index (χ3n) is 1.64. The fourth-order valence-corrected chi connectivity index (χ4v) is 0.995. The van der Waals surface area contributed by atoms with Crippen molar-refractivity contribution in [1.82, 2.24) is 0 Å². The molecule has 0 N–H and O–H groups in total. The summed E-state index contributed by atoms with van der Waals surface area (Å²) in [5.74, 6) is -1.37. The van der Waals surface area contributed by atoms with E-state index in [-0.39, 0.29) is 5.56 Å². The number of hydrogen-bond acceptors (Lipinski definition) is 1. The standard InChI is InChI=1S/C10H5F4O/c11-9-6-7(2-1-5-15)3-4-8(9)10(12,13)14/h1-4,6H/b2-1+. The van der Waals surface area contributed by atoms with Crippen molar-refractivity contribution >= 4 is 12.4 Å².